The van der Waals surface area contributed by atoms with Crippen molar-refractivity contribution in [1.82, 2.24) is 5.32 Å². The molecule has 1 amide bonds. The zero-order valence-electron chi connectivity index (χ0n) is 11.8. The van der Waals surface area contributed by atoms with Crippen LogP contribution in [-0.4, -0.2) is 36.4 Å². The molecule has 0 radical (unpaired) electrons. The van der Waals surface area contributed by atoms with Crippen LogP contribution < -0.4 is 11.1 Å². The molecule has 1 saturated heterocycles. The number of carbonyl (C=O) groups excluding carboxylic acids is 1. The van der Waals surface area contributed by atoms with Crippen LogP contribution in [0.25, 0.3) is 0 Å². The van der Waals surface area contributed by atoms with Crippen molar-refractivity contribution < 1.29 is 14.6 Å². The van der Waals surface area contributed by atoms with Crippen molar-refractivity contribution in [3.63, 3.8) is 0 Å². The Labute approximate surface area is 119 Å². The van der Waals surface area contributed by atoms with Gasteiger partial charge in [0.15, 0.2) is 0 Å². The predicted octanol–water partition coefficient (Wildman–Crippen LogP) is 0.653. The average molecular weight is 278 g/mol. The van der Waals surface area contributed by atoms with Gasteiger partial charge in [0.2, 0.25) is 5.91 Å². The minimum absolute atomic E-state index is 0.217. The predicted molar refractivity (Wildman–Crippen MR) is 76.1 cm³/mol. The van der Waals surface area contributed by atoms with Crippen LogP contribution in [0, 0.1) is 6.92 Å². The second-order valence-electron chi connectivity index (χ2n) is 5.44. The van der Waals surface area contributed by atoms with Crippen molar-refractivity contribution in [2.75, 3.05) is 19.8 Å². The molecule has 1 heterocycles. The van der Waals surface area contributed by atoms with Crippen LogP contribution in [0.5, 0.6) is 0 Å². The second-order valence-corrected chi connectivity index (χ2v) is 5.44. The fourth-order valence-electron chi connectivity index (χ4n) is 2.21. The van der Waals surface area contributed by atoms with E-state index in [1.54, 1.807) is 0 Å². The number of aliphatic hydroxyl groups is 1. The average Bonchev–Trinajstić information content (AvgIpc) is 2.46. The lowest BCUT2D eigenvalue weighted by molar-refractivity contribution is -0.125. The highest BCUT2D eigenvalue weighted by Crippen LogP contribution is 2.19. The van der Waals surface area contributed by atoms with Crippen molar-refractivity contribution in [3.05, 3.63) is 35.4 Å². The molecule has 110 valence electrons. The maximum absolute atomic E-state index is 12.0. The summed E-state index contributed by atoms with van der Waals surface area (Å²) < 4.78 is 5.20. The summed E-state index contributed by atoms with van der Waals surface area (Å²) in [6, 6.07) is 6.84. The maximum Gasteiger partial charge on any atom is 0.241 e. The summed E-state index contributed by atoms with van der Waals surface area (Å²) in [5, 5.41) is 13.0. The third kappa shape index (κ3) is 3.79. The molecule has 4 N–H and O–H groups in total. The lowest BCUT2D eigenvalue weighted by atomic mass is 9.94. The van der Waals surface area contributed by atoms with Gasteiger partial charge in [-0.2, -0.15) is 0 Å². The van der Waals surface area contributed by atoms with Gasteiger partial charge in [-0.3, -0.25) is 4.79 Å². The van der Waals surface area contributed by atoms with Crippen molar-refractivity contribution in [2.45, 2.75) is 31.4 Å². The summed E-state index contributed by atoms with van der Waals surface area (Å²) in [7, 11) is 0. The Hall–Kier alpha value is -1.43. The van der Waals surface area contributed by atoms with E-state index in [0.29, 0.717) is 26.1 Å². The van der Waals surface area contributed by atoms with Gasteiger partial charge in [0.1, 0.15) is 6.04 Å². The topological polar surface area (TPSA) is 84.6 Å². The summed E-state index contributed by atoms with van der Waals surface area (Å²) >= 11 is 0. The van der Waals surface area contributed by atoms with Gasteiger partial charge in [0.05, 0.1) is 5.60 Å². The Bertz CT molecular complexity index is 453. The number of nitrogens with two attached hydrogens (primary N) is 1. The van der Waals surface area contributed by atoms with Gasteiger partial charge in [0, 0.05) is 32.6 Å². The molecule has 1 aromatic rings. The molecule has 1 fully saturated rings. The van der Waals surface area contributed by atoms with E-state index in [9.17, 15) is 9.90 Å². The van der Waals surface area contributed by atoms with Crippen molar-refractivity contribution >= 4 is 5.91 Å². The van der Waals surface area contributed by atoms with Gasteiger partial charge in [-0.15, -0.1) is 0 Å². The number of ether oxygens (including phenoxy) is 1. The largest absolute Gasteiger partial charge is 0.388 e. The number of benzene rings is 1. The minimum atomic E-state index is -0.874. The Morgan fingerprint density at radius 1 is 1.40 bits per heavy atom. The van der Waals surface area contributed by atoms with E-state index >= 15 is 0 Å². The third-order valence-electron chi connectivity index (χ3n) is 3.73. The van der Waals surface area contributed by atoms with Crippen molar-refractivity contribution in [3.8, 4) is 0 Å². The minimum Gasteiger partial charge on any atom is -0.388 e. The molecule has 0 aromatic heterocycles. The van der Waals surface area contributed by atoms with Crippen molar-refractivity contribution in [1.29, 1.82) is 0 Å². The van der Waals surface area contributed by atoms with Crippen LogP contribution in [0.1, 0.15) is 30.0 Å². The first-order valence-electron chi connectivity index (χ1n) is 6.90. The van der Waals surface area contributed by atoms with E-state index in [2.05, 4.69) is 5.32 Å². The summed E-state index contributed by atoms with van der Waals surface area (Å²) in [5.74, 6) is -0.270. The molecule has 0 aliphatic carbocycles. The van der Waals surface area contributed by atoms with E-state index in [4.69, 9.17) is 10.5 Å². The lowest BCUT2D eigenvalue weighted by Crippen LogP contribution is -2.48. The van der Waals surface area contributed by atoms with E-state index in [0.717, 1.165) is 11.1 Å². The van der Waals surface area contributed by atoms with Crippen molar-refractivity contribution in [2.24, 2.45) is 5.73 Å². The van der Waals surface area contributed by atoms with Crippen LogP contribution in [0.4, 0.5) is 0 Å². The van der Waals surface area contributed by atoms with Gasteiger partial charge >= 0.3 is 0 Å². The van der Waals surface area contributed by atoms with Gasteiger partial charge in [0.25, 0.3) is 0 Å². The van der Waals surface area contributed by atoms with Crippen LogP contribution >= 0.6 is 0 Å². The third-order valence-corrected chi connectivity index (χ3v) is 3.73. The van der Waals surface area contributed by atoms with E-state index < -0.39 is 11.6 Å². The number of hydrogen-bond donors (Lipinski definition) is 3. The second kappa shape index (κ2) is 6.35. The SMILES string of the molecule is Cc1ccc(C(N)C(=O)NCC2(O)CCOCC2)cc1. The Kier molecular flexibility index (Phi) is 4.75. The van der Waals surface area contributed by atoms with Gasteiger partial charge < -0.3 is 20.9 Å². The Morgan fingerprint density at radius 3 is 2.60 bits per heavy atom. The maximum atomic E-state index is 12.0. The molecule has 0 bridgehead atoms. The highest BCUT2D eigenvalue weighted by molar-refractivity contribution is 5.83. The highest BCUT2D eigenvalue weighted by atomic mass is 16.5. The monoisotopic (exact) mass is 278 g/mol. The molecule has 1 atom stereocenters. The number of carbonyl (C=O) groups is 1. The molecule has 0 spiro atoms. The molecular weight excluding hydrogens is 256 g/mol. The highest BCUT2D eigenvalue weighted by Gasteiger charge is 2.30. The molecule has 1 aromatic carbocycles. The van der Waals surface area contributed by atoms with E-state index in [1.807, 2.05) is 31.2 Å². The van der Waals surface area contributed by atoms with Gasteiger partial charge in [-0.25, -0.2) is 0 Å². The summed E-state index contributed by atoms with van der Waals surface area (Å²) in [5.41, 5.74) is 6.95. The van der Waals surface area contributed by atoms with Crippen LogP contribution in [0.3, 0.4) is 0 Å². The first-order chi connectivity index (χ1) is 9.50. The van der Waals surface area contributed by atoms with Crippen LogP contribution in [0.15, 0.2) is 24.3 Å². The lowest BCUT2D eigenvalue weighted by Gasteiger charge is -2.32. The smallest absolute Gasteiger partial charge is 0.241 e. The quantitative estimate of drug-likeness (QED) is 0.755. The van der Waals surface area contributed by atoms with Crippen LogP contribution in [-0.2, 0) is 9.53 Å². The zero-order chi connectivity index (χ0) is 14.6. The first-order valence-corrected chi connectivity index (χ1v) is 6.90. The number of aryl methyl sites for hydroxylation is 1. The summed E-state index contributed by atoms with van der Waals surface area (Å²) in [4.78, 5) is 12.0. The Morgan fingerprint density at radius 2 is 2.00 bits per heavy atom. The van der Waals surface area contributed by atoms with E-state index in [1.165, 1.54) is 0 Å². The number of rotatable bonds is 4. The van der Waals surface area contributed by atoms with Gasteiger partial charge in [-0.1, -0.05) is 29.8 Å². The Balaban J connectivity index is 1.89. The molecule has 1 aliphatic heterocycles. The molecule has 5 nitrogen and oxygen atoms in total. The number of hydrogen-bond acceptors (Lipinski definition) is 4. The fraction of sp³-hybridized carbons (Fsp3) is 0.533. The first kappa shape index (κ1) is 15.0. The summed E-state index contributed by atoms with van der Waals surface area (Å²) in [6.07, 6.45) is 1.07. The molecule has 20 heavy (non-hydrogen) atoms. The molecule has 5 heteroatoms. The van der Waals surface area contributed by atoms with Gasteiger partial charge in [-0.05, 0) is 12.5 Å². The normalized spacial score (nSPS) is 19.4. The van der Waals surface area contributed by atoms with E-state index in [-0.39, 0.29) is 12.5 Å². The fourth-order valence-corrected chi connectivity index (χ4v) is 2.21. The molecule has 1 aliphatic rings. The molecule has 2 rings (SSSR count). The zero-order valence-corrected chi connectivity index (χ0v) is 11.8. The standard InChI is InChI=1S/C15H22N2O3/c1-11-2-4-12(5-3-11)13(16)14(18)17-10-15(19)6-8-20-9-7-15/h2-5,13,19H,6-10,16H2,1H3,(H,17,18). The summed E-state index contributed by atoms with van der Waals surface area (Å²) in [6.45, 7) is 3.25. The van der Waals surface area contributed by atoms with Crippen LogP contribution in [0.2, 0.25) is 0 Å². The molecular formula is C15H22N2O3. The molecule has 0 saturated carbocycles. The molecule has 1 unspecified atom stereocenters. The number of nitrogens with one attached hydrogen (secondary N) is 1. The number of amides is 1.